The maximum absolute atomic E-state index is 13.3. The van der Waals surface area contributed by atoms with Crippen LogP contribution < -0.4 is 5.32 Å². The first-order valence-corrected chi connectivity index (χ1v) is 21.5. The summed E-state index contributed by atoms with van der Waals surface area (Å²) in [5.74, 6) is 1.50. The number of thiophene rings is 2. The zero-order valence-electron chi connectivity index (χ0n) is 33.0. The molecule has 5 heterocycles. The predicted molar refractivity (Wildman–Crippen MR) is 226 cm³/mol. The Kier molecular flexibility index (Phi) is 11.6. The lowest BCUT2D eigenvalue weighted by Gasteiger charge is -2.35. The van der Waals surface area contributed by atoms with Crippen LogP contribution in [0.5, 0.6) is 0 Å². The number of benzene rings is 1. The van der Waals surface area contributed by atoms with Crippen LogP contribution >= 0.6 is 34.3 Å². The third kappa shape index (κ3) is 7.87. The van der Waals surface area contributed by atoms with Gasteiger partial charge in [-0.3, -0.25) is 14.6 Å². The van der Waals surface area contributed by atoms with Crippen molar-refractivity contribution in [3.63, 3.8) is 0 Å². The number of hydrogen-bond acceptors (Lipinski definition) is 10. The van der Waals surface area contributed by atoms with Gasteiger partial charge in [0, 0.05) is 57.7 Å². The van der Waals surface area contributed by atoms with Crippen molar-refractivity contribution < 1.29 is 9.59 Å². The third-order valence-corrected chi connectivity index (χ3v) is 13.6. The number of amides is 2. The number of nitrogens with one attached hydrogen (secondary N) is 1. The van der Waals surface area contributed by atoms with Crippen LogP contribution in [-0.2, 0) is 41.8 Å². The normalized spacial score (nSPS) is 17.4. The van der Waals surface area contributed by atoms with Gasteiger partial charge in [-0.05, 0) is 128 Å². The molecule has 4 aromatic heterocycles. The van der Waals surface area contributed by atoms with Gasteiger partial charge < -0.3 is 15.1 Å². The lowest BCUT2D eigenvalue weighted by molar-refractivity contribution is -0.140. The van der Waals surface area contributed by atoms with Crippen molar-refractivity contribution in [3.8, 4) is 0 Å². The average molecular weight is 800 g/mol. The Balaban J connectivity index is 0.000000179. The molecule has 55 heavy (non-hydrogen) atoms. The zero-order valence-corrected chi connectivity index (χ0v) is 35.4. The van der Waals surface area contributed by atoms with E-state index in [4.69, 9.17) is 11.6 Å². The molecule has 3 aliphatic rings. The molecule has 0 bridgehead atoms. The number of aryl methyl sites for hydroxylation is 2. The SMILES string of the molecule is CC(C)N(C(=O)[C@H]1CCc2c(sc3ncnc(Cl)c23)C1)C(C)C.CC(C)N(C(=O)[C@H]1CCc2c(sc3ncnc(Nc4ccc5c(c4)C=NC5)c23)C1)C(C)C. The molecule has 1 N–H and O–H groups in total. The number of carbonyl (C=O) groups is 2. The van der Waals surface area contributed by atoms with Crippen LogP contribution in [0.2, 0.25) is 5.15 Å². The van der Waals surface area contributed by atoms with Gasteiger partial charge in [-0.1, -0.05) is 17.7 Å². The summed E-state index contributed by atoms with van der Waals surface area (Å²) >= 11 is 9.62. The Hall–Kier alpha value is -4.00. The molecule has 0 fully saturated rings. The molecule has 10 nitrogen and oxygen atoms in total. The van der Waals surface area contributed by atoms with Gasteiger partial charge in [0.2, 0.25) is 11.8 Å². The Morgan fingerprint density at radius 2 is 1.27 bits per heavy atom. The molecule has 13 heteroatoms. The molecular weight excluding hydrogens is 748 g/mol. The maximum atomic E-state index is 13.3. The van der Waals surface area contributed by atoms with Gasteiger partial charge in [0.25, 0.3) is 0 Å². The molecule has 0 saturated carbocycles. The van der Waals surface area contributed by atoms with Crippen LogP contribution in [0.25, 0.3) is 20.4 Å². The molecule has 0 saturated heterocycles. The molecule has 2 aliphatic carbocycles. The highest BCUT2D eigenvalue weighted by Gasteiger charge is 2.35. The monoisotopic (exact) mass is 798 g/mol. The summed E-state index contributed by atoms with van der Waals surface area (Å²) < 4.78 is 0. The van der Waals surface area contributed by atoms with Crippen molar-refractivity contribution in [1.82, 2.24) is 29.7 Å². The van der Waals surface area contributed by atoms with E-state index in [0.717, 1.165) is 82.6 Å². The van der Waals surface area contributed by atoms with E-state index >= 15 is 0 Å². The van der Waals surface area contributed by atoms with Crippen LogP contribution in [0, 0.1) is 11.8 Å². The van der Waals surface area contributed by atoms with Gasteiger partial charge in [-0.2, -0.15) is 0 Å². The number of halogens is 1. The Morgan fingerprint density at radius 1 is 0.745 bits per heavy atom. The smallest absolute Gasteiger partial charge is 0.226 e. The molecule has 2 amide bonds. The summed E-state index contributed by atoms with van der Waals surface area (Å²) in [4.78, 5) is 56.7. The second kappa shape index (κ2) is 16.2. The number of hydrogen-bond donors (Lipinski definition) is 1. The fourth-order valence-electron chi connectivity index (χ4n) is 8.65. The summed E-state index contributed by atoms with van der Waals surface area (Å²) in [5.41, 5.74) is 5.98. The van der Waals surface area contributed by atoms with E-state index in [0.29, 0.717) is 5.15 Å². The number of carbonyl (C=O) groups excluding carboxylic acids is 2. The first-order chi connectivity index (χ1) is 26.3. The van der Waals surface area contributed by atoms with Crippen molar-refractivity contribution >= 4 is 84.2 Å². The van der Waals surface area contributed by atoms with Gasteiger partial charge in [0.15, 0.2) is 0 Å². The number of aliphatic imine (C=N–C) groups is 1. The molecule has 5 aromatic rings. The molecule has 1 aliphatic heterocycles. The third-order valence-electron chi connectivity index (χ3n) is 11.0. The van der Waals surface area contributed by atoms with E-state index in [-0.39, 0.29) is 47.8 Å². The van der Waals surface area contributed by atoms with E-state index in [2.05, 4.69) is 104 Å². The van der Waals surface area contributed by atoms with Crippen LogP contribution in [0.3, 0.4) is 0 Å². The molecule has 0 radical (unpaired) electrons. The van der Waals surface area contributed by atoms with E-state index in [1.54, 1.807) is 29.0 Å². The Labute approximate surface area is 336 Å². The molecule has 2 atom stereocenters. The Bertz CT molecular complexity index is 2240. The summed E-state index contributed by atoms with van der Waals surface area (Å²) in [6.07, 6.45) is 10.2. The number of anilines is 2. The Morgan fingerprint density at radius 3 is 1.84 bits per heavy atom. The minimum atomic E-state index is 0.0423. The fourth-order valence-corrected chi connectivity index (χ4v) is 11.5. The molecule has 1 aromatic carbocycles. The number of aromatic nitrogens is 4. The van der Waals surface area contributed by atoms with E-state index < -0.39 is 0 Å². The molecule has 8 rings (SSSR count). The zero-order chi connectivity index (χ0) is 39.1. The first kappa shape index (κ1) is 39.2. The average Bonchev–Trinajstić information content (AvgIpc) is 3.86. The van der Waals surface area contributed by atoms with Crippen LogP contribution in [0.1, 0.15) is 100 Å². The van der Waals surface area contributed by atoms with Gasteiger partial charge >= 0.3 is 0 Å². The first-order valence-electron chi connectivity index (χ1n) is 19.5. The fraction of sp³-hybridized carbons (Fsp3) is 0.500. The number of rotatable bonds is 8. The summed E-state index contributed by atoms with van der Waals surface area (Å²) in [5, 5.41) is 6.14. The van der Waals surface area contributed by atoms with Crippen molar-refractivity contribution in [2.24, 2.45) is 16.8 Å². The van der Waals surface area contributed by atoms with E-state index in [9.17, 15) is 9.59 Å². The van der Waals surface area contributed by atoms with Crippen LogP contribution in [0.4, 0.5) is 11.5 Å². The highest BCUT2D eigenvalue weighted by atomic mass is 35.5. The predicted octanol–water partition coefficient (Wildman–Crippen LogP) is 9.21. The standard InChI is InChI=1S/C25H29N5OS.C17H22ClN3OS/c1-14(2)30(15(3)4)25(31)16-6-8-20-21(10-16)32-24-22(20)23(27-13-28-24)29-19-7-5-17-11-26-12-18(17)9-19;1-9(2)21(10(3)4)17(22)11-5-6-12-13(7-11)23-16-14(12)15(18)19-8-20-16/h5,7,9,12-16H,6,8,10-11H2,1-4H3,(H,27,28,29);8-11H,5-7H2,1-4H3/t16-;11-/m00/s1. The summed E-state index contributed by atoms with van der Waals surface area (Å²) in [7, 11) is 0. The quantitative estimate of drug-likeness (QED) is 0.156. The number of fused-ring (bicyclic) bond motifs is 7. The minimum absolute atomic E-state index is 0.0423. The minimum Gasteiger partial charge on any atom is -0.340 e. The lowest BCUT2D eigenvalue weighted by atomic mass is 9.86. The van der Waals surface area contributed by atoms with Crippen molar-refractivity contribution in [2.75, 3.05) is 5.32 Å². The lowest BCUT2D eigenvalue weighted by Crippen LogP contribution is -2.46. The second-order valence-electron chi connectivity index (χ2n) is 16.0. The van der Waals surface area contributed by atoms with Crippen LogP contribution in [-0.4, -0.2) is 71.9 Å². The molecule has 0 spiro atoms. The largest absolute Gasteiger partial charge is 0.340 e. The van der Waals surface area contributed by atoms with Gasteiger partial charge in [0.05, 0.1) is 17.3 Å². The molecular formula is C42H51ClN8O2S2. The second-order valence-corrected chi connectivity index (χ2v) is 18.5. The van der Waals surface area contributed by atoms with Gasteiger partial charge in [-0.15, -0.1) is 22.7 Å². The van der Waals surface area contributed by atoms with Crippen molar-refractivity contribution in [3.05, 3.63) is 68.0 Å². The topological polar surface area (TPSA) is 117 Å². The van der Waals surface area contributed by atoms with Crippen molar-refractivity contribution in [2.45, 2.75) is 125 Å². The number of nitrogens with zero attached hydrogens (tertiary/aromatic N) is 7. The molecule has 0 unspecified atom stereocenters. The van der Waals surface area contributed by atoms with Crippen molar-refractivity contribution in [1.29, 1.82) is 0 Å². The van der Waals surface area contributed by atoms with E-state index in [1.807, 2.05) is 16.0 Å². The van der Waals surface area contributed by atoms with Gasteiger partial charge in [-0.25, -0.2) is 19.9 Å². The highest BCUT2D eigenvalue weighted by Crippen LogP contribution is 2.42. The highest BCUT2D eigenvalue weighted by molar-refractivity contribution is 7.19. The maximum Gasteiger partial charge on any atom is 0.226 e. The van der Waals surface area contributed by atoms with E-state index in [1.165, 1.54) is 32.8 Å². The summed E-state index contributed by atoms with van der Waals surface area (Å²) in [6, 6.07) is 7.22. The summed E-state index contributed by atoms with van der Waals surface area (Å²) in [6.45, 7) is 17.5. The molecule has 290 valence electrons. The van der Waals surface area contributed by atoms with Crippen LogP contribution in [0.15, 0.2) is 35.8 Å². The van der Waals surface area contributed by atoms with Gasteiger partial charge in [0.1, 0.15) is 33.3 Å².